The van der Waals surface area contributed by atoms with Crippen molar-refractivity contribution in [1.29, 1.82) is 0 Å². The molecule has 1 unspecified atom stereocenters. The van der Waals surface area contributed by atoms with Crippen molar-refractivity contribution in [2.45, 2.75) is 25.3 Å². The van der Waals surface area contributed by atoms with Gasteiger partial charge in [-0.15, -0.1) is 0 Å². The van der Waals surface area contributed by atoms with E-state index in [4.69, 9.17) is 4.74 Å². The number of nitrogens with zero attached hydrogens (tertiary/aromatic N) is 1. The molecule has 0 aliphatic carbocycles. The summed E-state index contributed by atoms with van der Waals surface area (Å²) in [6, 6.07) is 7.99. The zero-order chi connectivity index (χ0) is 12.8. The molecule has 0 aromatic heterocycles. The van der Waals surface area contributed by atoms with Gasteiger partial charge < -0.3 is 15.0 Å². The Balaban J connectivity index is 1.94. The number of ether oxygens (including phenoxy) is 1. The number of carbonyl (C=O) groups is 1. The second-order valence-corrected chi connectivity index (χ2v) is 4.70. The van der Waals surface area contributed by atoms with Crippen LogP contribution in [0.4, 0.5) is 5.69 Å². The molecule has 2 rings (SSSR count). The Morgan fingerprint density at radius 1 is 1.44 bits per heavy atom. The number of anilines is 1. The van der Waals surface area contributed by atoms with Crippen LogP contribution in [0.15, 0.2) is 24.3 Å². The molecule has 0 bridgehead atoms. The van der Waals surface area contributed by atoms with Crippen molar-refractivity contribution in [2.24, 2.45) is 0 Å². The Kier molecular flexibility index (Phi) is 4.59. The fourth-order valence-corrected chi connectivity index (χ4v) is 2.32. The van der Waals surface area contributed by atoms with E-state index in [-0.39, 0.29) is 0 Å². The summed E-state index contributed by atoms with van der Waals surface area (Å²) in [5.74, 6) is 0.739. The molecule has 1 saturated heterocycles. The fourth-order valence-electron chi connectivity index (χ4n) is 2.32. The summed E-state index contributed by atoms with van der Waals surface area (Å²) in [6.07, 6.45) is 4.40. The van der Waals surface area contributed by atoms with Gasteiger partial charge in [-0.25, -0.2) is 0 Å². The third-order valence-electron chi connectivity index (χ3n) is 3.45. The molecule has 1 aliphatic heterocycles. The lowest BCUT2D eigenvalue weighted by molar-refractivity contribution is -0.105. The lowest BCUT2D eigenvalue weighted by Gasteiger charge is -2.32. The van der Waals surface area contributed by atoms with E-state index in [0.29, 0.717) is 19.1 Å². The van der Waals surface area contributed by atoms with Crippen molar-refractivity contribution in [1.82, 2.24) is 4.90 Å². The molecule has 1 aliphatic rings. The van der Waals surface area contributed by atoms with Crippen molar-refractivity contribution >= 4 is 12.1 Å². The van der Waals surface area contributed by atoms with Crippen LogP contribution in [0.3, 0.4) is 0 Å². The Labute approximate surface area is 108 Å². The van der Waals surface area contributed by atoms with Crippen molar-refractivity contribution in [2.75, 3.05) is 25.5 Å². The van der Waals surface area contributed by atoms with Crippen LogP contribution in [0.1, 0.15) is 19.3 Å². The standard InChI is InChI=1S/C14H20N2O2/c1-16-9-5-4-6-12(16)10-18-14-8-3-2-7-13(14)15-11-17/h2-3,7-8,11-12H,4-6,9-10H2,1H3,(H,15,17). The Morgan fingerprint density at radius 2 is 2.28 bits per heavy atom. The van der Waals surface area contributed by atoms with Crippen LogP contribution >= 0.6 is 0 Å². The van der Waals surface area contributed by atoms with E-state index in [9.17, 15) is 4.79 Å². The van der Waals surface area contributed by atoms with E-state index in [1.807, 2.05) is 24.3 Å². The van der Waals surface area contributed by atoms with Crippen LogP contribution in [0, 0.1) is 0 Å². The minimum Gasteiger partial charge on any atom is -0.490 e. The highest BCUT2D eigenvalue weighted by atomic mass is 16.5. The topological polar surface area (TPSA) is 41.6 Å². The molecule has 4 nitrogen and oxygen atoms in total. The zero-order valence-electron chi connectivity index (χ0n) is 10.8. The molecule has 18 heavy (non-hydrogen) atoms. The number of hydrogen-bond donors (Lipinski definition) is 1. The van der Waals surface area contributed by atoms with Gasteiger partial charge in [0.2, 0.25) is 6.41 Å². The molecule has 1 N–H and O–H groups in total. The molecule has 1 heterocycles. The van der Waals surface area contributed by atoms with Crippen LogP contribution in [0.5, 0.6) is 5.75 Å². The normalized spacial score (nSPS) is 20.4. The summed E-state index contributed by atoms with van der Waals surface area (Å²) < 4.78 is 5.84. The van der Waals surface area contributed by atoms with E-state index in [0.717, 1.165) is 18.0 Å². The predicted molar refractivity (Wildman–Crippen MR) is 71.9 cm³/mol. The second-order valence-electron chi connectivity index (χ2n) is 4.70. The van der Waals surface area contributed by atoms with E-state index in [1.165, 1.54) is 19.3 Å². The Morgan fingerprint density at radius 3 is 3.06 bits per heavy atom. The second kappa shape index (κ2) is 6.40. The van der Waals surface area contributed by atoms with Gasteiger partial charge in [-0.2, -0.15) is 0 Å². The third kappa shape index (κ3) is 3.23. The van der Waals surface area contributed by atoms with Crippen molar-refractivity contribution in [3.8, 4) is 5.75 Å². The number of para-hydroxylation sites is 2. The first-order chi connectivity index (χ1) is 8.81. The van der Waals surface area contributed by atoms with Gasteiger partial charge in [0.15, 0.2) is 0 Å². The Hall–Kier alpha value is -1.55. The summed E-state index contributed by atoms with van der Waals surface area (Å²) in [7, 11) is 2.14. The van der Waals surface area contributed by atoms with Gasteiger partial charge >= 0.3 is 0 Å². The molecule has 1 amide bonds. The number of likely N-dealkylation sites (N-methyl/N-ethyl adjacent to an activating group) is 1. The van der Waals surface area contributed by atoms with Crippen molar-refractivity contribution in [3.63, 3.8) is 0 Å². The molecule has 1 atom stereocenters. The number of carbonyl (C=O) groups excluding carboxylic acids is 1. The highest BCUT2D eigenvalue weighted by Gasteiger charge is 2.19. The largest absolute Gasteiger partial charge is 0.490 e. The molecule has 4 heteroatoms. The van der Waals surface area contributed by atoms with Gasteiger partial charge in [-0.05, 0) is 38.6 Å². The van der Waals surface area contributed by atoms with Gasteiger partial charge in [-0.3, -0.25) is 4.79 Å². The molecule has 1 fully saturated rings. The maximum atomic E-state index is 10.5. The summed E-state index contributed by atoms with van der Waals surface area (Å²) in [5, 5.41) is 2.66. The van der Waals surface area contributed by atoms with Gasteiger partial charge in [0, 0.05) is 6.04 Å². The summed E-state index contributed by atoms with van der Waals surface area (Å²) >= 11 is 0. The van der Waals surface area contributed by atoms with Crippen LogP contribution in [0.25, 0.3) is 0 Å². The molecular formula is C14H20N2O2. The molecule has 0 radical (unpaired) electrons. The molecule has 0 saturated carbocycles. The first kappa shape index (κ1) is 12.9. The number of piperidine rings is 1. The highest BCUT2D eigenvalue weighted by molar-refractivity contribution is 5.75. The van der Waals surface area contributed by atoms with E-state index >= 15 is 0 Å². The first-order valence-electron chi connectivity index (χ1n) is 6.43. The number of benzene rings is 1. The van der Waals surface area contributed by atoms with Crippen LogP contribution in [-0.2, 0) is 4.79 Å². The average molecular weight is 248 g/mol. The summed E-state index contributed by atoms with van der Waals surface area (Å²) in [6.45, 7) is 1.82. The first-order valence-corrected chi connectivity index (χ1v) is 6.43. The third-order valence-corrected chi connectivity index (χ3v) is 3.45. The van der Waals surface area contributed by atoms with E-state index in [2.05, 4.69) is 17.3 Å². The number of likely N-dealkylation sites (tertiary alicyclic amines) is 1. The highest BCUT2D eigenvalue weighted by Crippen LogP contribution is 2.24. The number of nitrogens with one attached hydrogen (secondary N) is 1. The SMILES string of the molecule is CN1CCCCC1COc1ccccc1NC=O. The molecule has 98 valence electrons. The summed E-state index contributed by atoms with van der Waals surface area (Å²) in [5.41, 5.74) is 0.728. The number of amides is 1. The van der Waals surface area contributed by atoms with Gasteiger partial charge in [0.25, 0.3) is 0 Å². The molecule has 0 spiro atoms. The van der Waals surface area contributed by atoms with Crippen LogP contribution < -0.4 is 10.1 Å². The predicted octanol–water partition coefficient (Wildman–Crippen LogP) is 2.12. The smallest absolute Gasteiger partial charge is 0.211 e. The average Bonchev–Trinajstić information content (AvgIpc) is 2.40. The number of hydrogen-bond acceptors (Lipinski definition) is 3. The molecule has 1 aromatic rings. The minimum atomic E-state index is 0.475. The lowest BCUT2D eigenvalue weighted by atomic mass is 10.0. The van der Waals surface area contributed by atoms with Gasteiger partial charge in [0.1, 0.15) is 12.4 Å². The summed E-state index contributed by atoms with van der Waals surface area (Å²) in [4.78, 5) is 12.9. The van der Waals surface area contributed by atoms with Gasteiger partial charge in [-0.1, -0.05) is 18.6 Å². The maximum absolute atomic E-state index is 10.5. The fraction of sp³-hybridized carbons (Fsp3) is 0.500. The quantitative estimate of drug-likeness (QED) is 0.811. The lowest BCUT2D eigenvalue weighted by Crippen LogP contribution is -2.40. The monoisotopic (exact) mass is 248 g/mol. The van der Waals surface area contributed by atoms with E-state index < -0.39 is 0 Å². The van der Waals surface area contributed by atoms with Crippen molar-refractivity contribution in [3.05, 3.63) is 24.3 Å². The Bertz CT molecular complexity index is 395. The van der Waals surface area contributed by atoms with Crippen molar-refractivity contribution < 1.29 is 9.53 Å². The van der Waals surface area contributed by atoms with Crippen LogP contribution in [-0.4, -0.2) is 37.6 Å². The van der Waals surface area contributed by atoms with E-state index in [1.54, 1.807) is 0 Å². The zero-order valence-corrected chi connectivity index (χ0v) is 10.8. The molecular weight excluding hydrogens is 228 g/mol. The minimum absolute atomic E-state index is 0.475. The van der Waals surface area contributed by atoms with Gasteiger partial charge in [0.05, 0.1) is 5.69 Å². The molecule has 1 aromatic carbocycles. The maximum Gasteiger partial charge on any atom is 0.211 e. The van der Waals surface area contributed by atoms with Crippen LogP contribution in [0.2, 0.25) is 0 Å². The number of rotatable bonds is 5.